The first kappa shape index (κ1) is 23.7. The summed E-state index contributed by atoms with van der Waals surface area (Å²) in [6, 6.07) is -1.11. The summed E-state index contributed by atoms with van der Waals surface area (Å²) in [5.74, 6) is -2.58. The van der Waals surface area contributed by atoms with E-state index in [0.29, 0.717) is 6.42 Å². The molecule has 0 unspecified atom stereocenters. The van der Waals surface area contributed by atoms with E-state index in [9.17, 15) is 14.4 Å². The van der Waals surface area contributed by atoms with Crippen molar-refractivity contribution in [2.45, 2.75) is 77.2 Å². The van der Waals surface area contributed by atoms with Gasteiger partial charge in [-0.2, -0.15) is 0 Å². The molecule has 0 aliphatic carbocycles. The fourth-order valence-electron chi connectivity index (χ4n) is 2.03. The first-order valence-corrected chi connectivity index (χ1v) is 7.71. The molecule has 1 amide bonds. The van der Waals surface area contributed by atoms with E-state index >= 15 is 0 Å². The van der Waals surface area contributed by atoms with Crippen LogP contribution in [0.4, 0.5) is 0 Å². The number of hydrogen-bond donors (Lipinski definition) is 3. The Balaban J connectivity index is -0.00000200. The number of amides is 1. The minimum Gasteiger partial charge on any atom is -1.00 e. The standard InChI is InChI=1S/C15H27NO5.Na.H/c1-2-3-4-5-6-7-8-9-13(17)16-12(15(20)21)10-11-14(18)19;;/h12H,2-11H2,1H3,(H,16,17)(H,18,19)(H,20,21);;/q;+1;-1/t12-;;/m0../s1. The Kier molecular flexibility index (Phi) is 16.5. The molecule has 0 aromatic rings. The number of aliphatic carboxylic acids is 2. The molecule has 0 rings (SSSR count). The van der Waals surface area contributed by atoms with Gasteiger partial charge in [-0.3, -0.25) is 9.59 Å². The Hall–Kier alpha value is -0.590. The third-order valence-electron chi connectivity index (χ3n) is 3.29. The average Bonchev–Trinajstić information content (AvgIpc) is 2.41. The largest absolute Gasteiger partial charge is 1.00 e. The summed E-state index contributed by atoms with van der Waals surface area (Å²) in [4.78, 5) is 33.0. The molecule has 0 aliphatic heterocycles. The Morgan fingerprint density at radius 1 is 0.955 bits per heavy atom. The Morgan fingerprint density at radius 2 is 1.50 bits per heavy atom. The second-order valence-corrected chi connectivity index (χ2v) is 5.26. The molecule has 0 heterocycles. The van der Waals surface area contributed by atoms with Gasteiger partial charge in [0.2, 0.25) is 5.91 Å². The number of nitrogens with one attached hydrogen (secondary N) is 1. The van der Waals surface area contributed by atoms with Crippen LogP contribution in [-0.4, -0.2) is 34.1 Å². The summed E-state index contributed by atoms with van der Waals surface area (Å²) in [5, 5.41) is 19.8. The number of carbonyl (C=O) groups is 3. The summed E-state index contributed by atoms with van der Waals surface area (Å²) in [5.41, 5.74) is 0. The molecule has 0 aromatic carbocycles. The van der Waals surface area contributed by atoms with Crippen LogP contribution in [0, 0.1) is 0 Å². The zero-order chi connectivity index (χ0) is 16.1. The van der Waals surface area contributed by atoms with Crippen molar-refractivity contribution in [3.63, 3.8) is 0 Å². The number of rotatable bonds is 13. The monoisotopic (exact) mass is 325 g/mol. The van der Waals surface area contributed by atoms with Crippen molar-refractivity contribution in [2.24, 2.45) is 0 Å². The summed E-state index contributed by atoms with van der Waals surface area (Å²) >= 11 is 0. The summed E-state index contributed by atoms with van der Waals surface area (Å²) in [7, 11) is 0. The van der Waals surface area contributed by atoms with Crippen LogP contribution >= 0.6 is 0 Å². The fourth-order valence-corrected chi connectivity index (χ4v) is 2.03. The van der Waals surface area contributed by atoms with E-state index in [1.807, 2.05) is 0 Å². The van der Waals surface area contributed by atoms with Crippen molar-refractivity contribution in [2.75, 3.05) is 0 Å². The second kappa shape index (κ2) is 15.3. The molecule has 0 spiro atoms. The van der Waals surface area contributed by atoms with Gasteiger partial charge >= 0.3 is 41.5 Å². The molecule has 3 N–H and O–H groups in total. The van der Waals surface area contributed by atoms with Gasteiger partial charge in [0, 0.05) is 12.8 Å². The van der Waals surface area contributed by atoms with Gasteiger partial charge in [-0.1, -0.05) is 45.4 Å². The maximum Gasteiger partial charge on any atom is 1.00 e. The van der Waals surface area contributed by atoms with Gasteiger partial charge in [0.25, 0.3) is 0 Å². The molecule has 6 nitrogen and oxygen atoms in total. The molecular weight excluding hydrogens is 297 g/mol. The van der Waals surface area contributed by atoms with E-state index in [0.717, 1.165) is 19.3 Å². The molecule has 0 saturated carbocycles. The fraction of sp³-hybridized carbons (Fsp3) is 0.800. The van der Waals surface area contributed by atoms with Crippen molar-refractivity contribution in [3.8, 4) is 0 Å². The van der Waals surface area contributed by atoms with E-state index in [2.05, 4.69) is 12.2 Å². The van der Waals surface area contributed by atoms with Gasteiger partial charge in [0.05, 0.1) is 0 Å². The topological polar surface area (TPSA) is 104 Å². The third-order valence-corrected chi connectivity index (χ3v) is 3.29. The molecule has 0 aliphatic rings. The van der Waals surface area contributed by atoms with E-state index < -0.39 is 18.0 Å². The van der Waals surface area contributed by atoms with Crippen LogP contribution in [0.2, 0.25) is 0 Å². The van der Waals surface area contributed by atoms with Crippen molar-refractivity contribution < 1.29 is 55.6 Å². The van der Waals surface area contributed by atoms with Gasteiger partial charge in [-0.15, -0.1) is 0 Å². The molecule has 0 aromatic heterocycles. The van der Waals surface area contributed by atoms with E-state index in [-0.39, 0.29) is 49.7 Å². The Morgan fingerprint density at radius 3 is 2.00 bits per heavy atom. The normalized spacial score (nSPS) is 11.3. The first-order chi connectivity index (χ1) is 9.97. The smallest absolute Gasteiger partial charge is 1.00 e. The molecule has 124 valence electrons. The second-order valence-electron chi connectivity index (χ2n) is 5.26. The molecule has 0 bridgehead atoms. The van der Waals surface area contributed by atoms with Crippen molar-refractivity contribution >= 4 is 17.8 Å². The minimum atomic E-state index is -1.19. The van der Waals surface area contributed by atoms with Gasteiger partial charge in [0.1, 0.15) is 6.04 Å². The predicted molar refractivity (Wildman–Crippen MR) is 80.2 cm³/mol. The molecule has 7 heteroatoms. The maximum absolute atomic E-state index is 11.6. The number of carbonyl (C=O) groups excluding carboxylic acids is 1. The number of carboxylic acids is 2. The van der Waals surface area contributed by atoms with Crippen LogP contribution in [0.3, 0.4) is 0 Å². The van der Waals surface area contributed by atoms with Crippen molar-refractivity contribution in [3.05, 3.63) is 0 Å². The van der Waals surface area contributed by atoms with E-state index in [1.54, 1.807) is 0 Å². The summed E-state index contributed by atoms with van der Waals surface area (Å²) in [6.45, 7) is 2.16. The van der Waals surface area contributed by atoms with Crippen LogP contribution in [-0.2, 0) is 14.4 Å². The van der Waals surface area contributed by atoms with Gasteiger partial charge in [-0.25, -0.2) is 4.79 Å². The molecule has 0 fully saturated rings. The first-order valence-electron chi connectivity index (χ1n) is 7.71. The average molecular weight is 325 g/mol. The van der Waals surface area contributed by atoms with Gasteiger partial charge in [0.15, 0.2) is 0 Å². The maximum atomic E-state index is 11.6. The molecule has 1 atom stereocenters. The predicted octanol–water partition coefficient (Wildman–Crippen LogP) is -0.322. The SMILES string of the molecule is CCCCCCCCCC(=O)N[C@@H](CCC(=O)O)C(=O)O.[H-].[Na+]. The Labute approximate surface area is 155 Å². The minimum absolute atomic E-state index is 0. The van der Waals surface area contributed by atoms with Crippen LogP contribution in [0.5, 0.6) is 0 Å². The van der Waals surface area contributed by atoms with Crippen LogP contribution in [0.1, 0.15) is 72.6 Å². The summed E-state index contributed by atoms with van der Waals surface area (Å²) < 4.78 is 0. The number of carboxylic acid groups (broad SMARTS) is 2. The quantitative estimate of drug-likeness (QED) is 0.318. The van der Waals surface area contributed by atoms with Crippen LogP contribution in [0.15, 0.2) is 0 Å². The molecule has 0 radical (unpaired) electrons. The Bertz CT molecular complexity index is 342. The molecular formula is C15H28NNaO5. The third kappa shape index (κ3) is 14.4. The van der Waals surface area contributed by atoms with Gasteiger partial charge in [-0.05, 0) is 12.8 Å². The van der Waals surface area contributed by atoms with E-state index in [4.69, 9.17) is 10.2 Å². The van der Waals surface area contributed by atoms with Gasteiger partial charge < -0.3 is 17.0 Å². The number of unbranched alkanes of at least 4 members (excludes halogenated alkanes) is 6. The summed E-state index contributed by atoms with van der Waals surface area (Å²) in [6.07, 6.45) is 7.57. The van der Waals surface area contributed by atoms with Crippen molar-refractivity contribution in [1.29, 1.82) is 0 Å². The van der Waals surface area contributed by atoms with Crippen LogP contribution in [0.25, 0.3) is 0 Å². The molecule has 0 saturated heterocycles. The van der Waals surface area contributed by atoms with Crippen LogP contribution < -0.4 is 34.9 Å². The zero-order valence-corrected chi connectivity index (χ0v) is 15.8. The van der Waals surface area contributed by atoms with Crippen molar-refractivity contribution in [1.82, 2.24) is 5.32 Å². The number of hydrogen-bond acceptors (Lipinski definition) is 3. The molecule has 22 heavy (non-hydrogen) atoms. The van der Waals surface area contributed by atoms with E-state index in [1.165, 1.54) is 25.7 Å². The zero-order valence-electron chi connectivity index (χ0n) is 14.8.